The molecule has 0 saturated heterocycles. The number of allylic oxidation sites excluding steroid dienone is 1. The minimum Gasteiger partial charge on any atom is -0.497 e. The number of likely N-dealkylation sites (N-methyl/N-ethyl adjacent to an activating group) is 1. The fraction of sp³-hybridized carbons (Fsp3) is 0.567. The van der Waals surface area contributed by atoms with Crippen LogP contribution >= 0.6 is 0 Å². The number of aromatic nitrogens is 1. The Balaban J connectivity index is 0.000000579. The number of pyridine rings is 1. The first-order chi connectivity index (χ1) is 17.6. The molecule has 1 aromatic heterocycles. The zero-order chi connectivity index (χ0) is 27.2. The van der Waals surface area contributed by atoms with Gasteiger partial charge in [0.25, 0.3) is 0 Å². The van der Waals surface area contributed by atoms with Crippen LogP contribution in [0.5, 0.6) is 5.75 Å². The minimum atomic E-state index is -0.447. The molecular formula is C30H51N3O3. The van der Waals surface area contributed by atoms with E-state index in [1.807, 2.05) is 45.0 Å². The summed E-state index contributed by atoms with van der Waals surface area (Å²) in [6, 6.07) is 7.55. The van der Waals surface area contributed by atoms with E-state index < -0.39 is 6.10 Å². The largest absolute Gasteiger partial charge is 0.497 e. The number of hydrogen-bond acceptors (Lipinski definition) is 6. The predicted molar refractivity (Wildman–Crippen MR) is 154 cm³/mol. The highest BCUT2D eigenvalue weighted by Gasteiger charge is 2.11. The van der Waals surface area contributed by atoms with Crippen LogP contribution in [-0.2, 0) is 4.74 Å². The number of nitrogens with zero attached hydrogens (tertiary/aromatic N) is 1. The second-order valence-electron chi connectivity index (χ2n) is 7.93. The van der Waals surface area contributed by atoms with E-state index in [9.17, 15) is 5.11 Å². The van der Waals surface area contributed by atoms with Crippen molar-refractivity contribution in [1.82, 2.24) is 15.6 Å². The lowest BCUT2D eigenvalue weighted by Gasteiger charge is -2.12. The van der Waals surface area contributed by atoms with Crippen molar-refractivity contribution in [2.24, 2.45) is 0 Å². The Morgan fingerprint density at radius 1 is 1.14 bits per heavy atom. The Labute approximate surface area is 220 Å². The van der Waals surface area contributed by atoms with Crippen molar-refractivity contribution in [2.45, 2.75) is 80.3 Å². The Kier molecular flexibility index (Phi) is 20.1. The maximum absolute atomic E-state index is 9.92. The fourth-order valence-corrected chi connectivity index (χ4v) is 3.32. The molecular weight excluding hydrogens is 450 g/mol. The summed E-state index contributed by atoms with van der Waals surface area (Å²) in [7, 11) is 1.63. The van der Waals surface area contributed by atoms with Gasteiger partial charge in [-0.2, -0.15) is 0 Å². The number of ether oxygens (including phenoxy) is 2. The van der Waals surface area contributed by atoms with Crippen molar-refractivity contribution in [3.63, 3.8) is 0 Å². The van der Waals surface area contributed by atoms with E-state index in [0.717, 1.165) is 72.8 Å². The number of nitrogens with one attached hydrogen (secondary N) is 2. The summed E-state index contributed by atoms with van der Waals surface area (Å²) in [5, 5.41) is 17.6. The molecule has 6 nitrogen and oxygen atoms in total. The molecule has 1 aromatic carbocycles. The number of aliphatic hydroxyl groups excluding tert-OH is 1. The molecule has 1 atom stereocenters. The second-order valence-corrected chi connectivity index (χ2v) is 7.93. The van der Waals surface area contributed by atoms with Crippen LogP contribution in [0.25, 0.3) is 10.9 Å². The monoisotopic (exact) mass is 501 g/mol. The van der Waals surface area contributed by atoms with Gasteiger partial charge in [-0.05, 0) is 55.3 Å². The third-order valence-corrected chi connectivity index (χ3v) is 4.97. The first-order valence-electron chi connectivity index (χ1n) is 13.6. The summed E-state index contributed by atoms with van der Waals surface area (Å²) in [5.41, 5.74) is 2.94. The number of aliphatic hydroxyl groups is 1. The Hall–Kier alpha value is -2.57. The minimum absolute atomic E-state index is 0.447. The maximum Gasteiger partial charge on any atom is 0.138 e. The van der Waals surface area contributed by atoms with E-state index in [-0.39, 0.29) is 0 Å². The average molecular weight is 502 g/mol. The van der Waals surface area contributed by atoms with Crippen LogP contribution in [0, 0.1) is 0 Å². The number of benzene rings is 1. The number of hydrogen-bond donors (Lipinski definition) is 3. The third kappa shape index (κ3) is 12.4. The van der Waals surface area contributed by atoms with Gasteiger partial charge in [0.1, 0.15) is 11.5 Å². The highest BCUT2D eigenvalue weighted by atomic mass is 16.5. The lowest BCUT2D eigenvalue weighted by atomic mass is 10.0. The predicted octanol–water partition coefficient (Wildman–Crippen LogP) is 6.91. The molecule has 36 heavy (non-hydrogen) atoms. The van der Waals surface area contributed by atoms with Gasteiger partial charge >= 0.3 is 0 Å². The van der Waals surface area contributed by atoms with Gasteiger partial charge in [0.15, 0.2) is 0 Å². The molecule has 204 valence electrons. The van der Waals surface area contributed by atoms with E-state index in [2.05, 4.69) is 55.5 Å². The third-order valence-electron chi connectivity index (χ3n) is 4.97. The Morgan fingerprint density at radius 3 is 2.42 bits per heavy atom. The molecule has 6 heteroatoms. The van der Waals surface area contributed by atoms with Gasteiger partial charge in [0, 0.05) is 31.1 Å². The summed E-state index contributed by atoms with van der Waals surface area (Å²) in [6.07, 6.45) is 9.62. The second kappa shape index (κ2) is 21.7. The van der Waals surface area contributed by atoms with E-state index in [0.29, 0.717) is 6.42 Å². The van der Waals surface area contributed by atoms with Crippen molar-refractivity contribution >= 4 is 10.9 Å². The highest BCUT2D eigenvalue weighted by molar-refractivity contribution is 5.83. The number of fused-ring (bicyclic) bond motifs is 1. The van der Waals surface area contributed by atoms with Crippen LogP contribution in [0.4, 0.5) is 0 Å². The van der Waals surface area contributed by atoms with Gasteiger partial charge in [-0.1, -0.05) is 61.0 Å². The summed E-state index contributed by atoms with van der Waals surface area (Å²) >= 11 is 0. The number of rotatable bonds is 10. The van der Waals surface area contributed by atoms with Crippen molar-refractivity contribution in [2.75, 3.05) is 33.4 Å². The first kappa shape index (κ1) is 33.4. The highest BCUT2D eigenvalue weighted by Crippen LogP contribution is 2.27. The molecule has 1 unspecified atom stereocenters. The molecule has 0 bridgehead atoms. The van der Waals surface area contributed by atoms with Gasteiger partial charge < -0.3 is 25.2 Å². The standard InChI is InChI=1S/C13H15NO2.C12H22N2O.C3H8.C2H6/c1-3-13(15)10-6-7-14-12-5-4-9(16-2)8-11(10)12;1-3-6-11(12-7-5-10-15-12)14-9-8-13-4-2;1-3-2;1-2/h4-8,13,15H,3H2,1-2H3;6-7,13-14H,3-5,8-10H2,1-2H3;3H2,1-2H3;1-2H3. The topological polar surface area (TPSA) is 75.6 Å². The van der Waals surface area contributed by atoms with Crippen molar-refractivity contribution in [3.8, 4) is 5.75 Å². The summed E-state index contributed by atoms with van der Waals surface area (Å²) in [6.45, 7) is 18.2. The van der Waals surface area contributed by atoms with Crippen molar-refractivity contribution in [3.05, 3.63) is 59.6 Å². The lowest BCUT2D eigenvalue weighted by molar-refractivity contribution is 0.175. The Morgan fingerprint density at radius 2 is 1.86 bits per heavy atom. The summed E-state index contributed by atoms with van der Waals surface area (Å²) in [5.74, 6) is 1.80. The molecule has 0 aliphatic carbocycles. The summed E-state index contributed by atoms with van der Waals surface area (Å²) in [4.78, 5) is 4.27. The van der Waals surface area contributed by atoms with Crippen LogP contribution in [0.15, 0.2) is 54.1 Å². The van der Waals surface area contributed by atoms with Crippen molar-refractivity contribution < 1.29 is 14.6 Å². The first-order valence-corrected chi connectivity index (χ1v) is 13.6. The van der Waals surface area contributed by atoms with Crippen LogP contribution in [0.1, 0.15) is 85.8 Å². The van der Waals surface area contributed by atoms with Gasteiger partial charge in [0.05, 0.1) is 31.0 Å². The zero-order valence-corrected chi connectivity index (χ0v) is 24.0. The van der Waals surface area contributed by atoms with E-state index in [1.54, 1.807) is 13.3 Å². The van der Waals surface area contributed by atoms with Crippen LogP contribution < -0.4 is 15.4 Å². The van der Waals surface area contributed by atoms with Gasteiger partial charge in [0.2, 0.25) is 0 Å². The van der Waals surface area contributed by atoms with Gasteiger partial charge in [-0.3, -0.25) is 4.98 Å². The van der Waals surface area contributed by atoms with E-state index >= 15 is 0 Å². The zero-order valence-electron chi connectivity index (χ0n) is 24.0. The molecule has 2 heterocycles. The molecule has 0 radical (unpaired) electrons. The Bertz CT molecular complexity index is 881. The summed E-state index contributed by atoms with van der Waals surface area (Å²) < 4.78 is 10.7. The normalized spacial score (nSPS) is 13.0. The van der Waals surface area contributed by atoms with E-state index in [1.165, 1.54) is 6.42 Å². The number of methoxy groups -OCH3 is 1. The molecule has 3 rings (SSSR count). The molecule has 2 aromatic rings. The molecule has 0 spiro atoms. The molecule has 1 aliphatic rings. The van der Waals surface area contributed by atoms with Gasteiger partial charge in [-0.15, -0.1) is 0 Å². The maximum atomic E-state index is 9.92. The molecule has 0 saturated carbocycles. The fourth-order valence-electron chi connectivity index (χ4n) is 3.32. The SMILES string of the molecule is CC.CCC.CCC(O)c1ccnc2ccc(OC)cc12.CCC=C(NCCNCC)C1=CCCO1. The molecule has 0 amide bonds. The lowest BCUT2D eigenvalue weighted by Crippen LogP contribution is -2.27. The van der Waals surface area contributed by atoms with Crippen molar-refractivity contribution in [1.29, 1.82) is 0 Å². The smallest absolute Gasteiger partial charge is 0.138 e. The quantitative estimate of drug-likeness (QED) is 0.307. The average Bonchev–Trinajstić information content (AvgIpc) is 3.46. The van der Waals surface area contributed by atoms with Crippen LogP contribution in [0.3, 0.4) is 0 Å². The van der Waals surface area contributed by atoms with E-state index in [4.69, 9.17) is 9.47 Å². The molecule has 3 N–H and O–H groups in total. The van der Waals surface area contributed by atoms with Crippen LogP contribution in [0.2, 0.25) is 0 Å². The van der Waals surface area contributed by atoms with Gasteiger partial charge in [-0.25, -0.2) is 0 Å². The molecule has 1 aliphatic heterocycles. The van der Waals surface area contributed by atoms with Crippen LogP contribution in [-0.4, -0.2) is 43.4 Å². The molecule has 0 fully saturated rings.